The third kappa shape index (κ3) is 4.97. The van der Waals surface area contributed by atoms with Gasteiger partial charge >= 0.3 is 0 Å². The van der Waals surface area contributed by atoms with Crippen molar-refractivity contribution in [2.45, 2.75) is 13.0 Å². The van der Waals surface area contributed by atoms with Gasteiger partial charge in [0.2, 0.25) is 0 Å². The lowest BCUT2D eigenvalue weighted by atomic mass is 10.1. The third-order valence-electron chi connectivity index (χ3n) is 3.40. The molecule has 1 atom stereocenters. The van der Waals surface area contributed by atoms with Gasteiger partial charge in [0.25, 0.3) is 5.91 Å². The maximum Gasteiger partial charge on any atom is 0.279 e. The number of quaternary nitrogens is 1. The Hall–Kier alpha value is -2.06. The highest BCUT2D eigenvalue weighted by atomic mass is 35.5. The number of nitrogens with zero attached hydrogens (tertiary/aromatic N) is 1. The van der Waals surface area contributed by atoms with Crippen LogP contribution in [0.15, 0.2) is 42.5 Å². The molecule has 0 aliphatic rings. The van der Waals surface area contributed by atoms with E-state index in [9.17, 15) is 4.79 Å². The van der Waals surface area contributed by atoms with Gasteiger partial charge in [-0.1, -0.05) is 35.3 Å². The summed E-state index contributed by atoms with van der Waals surface area (Å²) in [6.45, 7) is 2.28. The number of nitrogens with two attached hydrogens (primary N) is 1. The lowest BCUT2D eigenvalue weighted by Crippen LogP contribution is -2.86. The minimum atomic E-state index is -0.139. The zero-order valence-corrected chi connectivity index (χ0v) is 14.0. The normalized spacial score (nSPS) is 11.6. The molecular weight excluding hydrogens is 333 g/mol. The predicted octanol–water partition coefficient (Wildman–Crippen LogP) is 3.13. The molecule has 23 heavy (non-hydrogen) atoms. The molecule has 2 aromatic rings. The fourth-order valence-electron chi connectivity index (χ4n) is 2.11. The number of amides is 1. The number of rotatable bonds is 5. The highest BCUT2D eigenvalue weighted by Crippen LogP contribution is 2.20. The average Bonchev–Trinajstić information content (AvgIpc) is 2.53. The van der Waals surface area contributed by atoms with Gasteiger partial charge in [-0.3, -0.25) is 4.79 Å². The van der Waals surface area contributed by atoms with Crippen molar-refractivity contribution in [1.29, 1.82) is 5.26 Å². The van der Waals surface area contributed by atoms with Crippen molar-refractivity contribution in [3.05, 3.63) is 63.6 Å². The number of nitriles is 1. The van der Waals surface area contributed by atoms with Crippen LogP contribution >= 0.6 is 23.2 Å². The Bertz CT molecular complexity index is 756. The Balaban J connectivity index is 1.90. The van der Waals surface area contributed by atoms with E-state index in [2.05, 4.69) is 5.32 Å². The van der Waals surface area contributed by atoms with Crippen LogP contribution in [0.25, 0.3) is 0 Å². The van der Waals surface area contributed by atoms with Crippen molar-refractivity contribution in [2.75, 3.05) is 11.9 Å². The molecule has 0 radical (unpaired) electrons. The zero-order valence-electron chi connectivity index (χ0n) is 12.5. The number of hydrogen-bond donors (Lipinski definition) is 2. The quantitative estimate of drug-likeness (QED) is 0.871. The lowest BCUT2D eigenvalue weighted by molar-refractivity contribution is -0.682. The van der Waals surface area contributed by atoms with Crippen molar-refractivity contribution < 1.29 is 10.1 Å². The standard InChI is InChI=1S/C17H15Cl2N3O/c1-11(12-3-2-4-14(18)7-12)21-10-17(23)22-15-6-5-13(9-20)16(19)8-15/h2-8,11,21H,10H2,1H3,(H,22,23)/p+1/t11-/m0/s1. The summed E-state index contributed by atoms with van der Waals surface area (Å²) in [5.41, 5.74) is 2.01. The molecule has 0 aliphatic carbocycles. The molecule has 1 amide bonds. The molecule has 0 aromatic heterocycles. The van der Waals surface area contributed by atoms with Crippen LogP contribution in [0.2, 0.25) is 10.0 Å². The molecule has 0 fully saturated rings. The molecular formula is C17H16Cl2N3O+. The van der Waals surface area contributed by atoms with E-state index in [0.717, 1.165) is 5.56 Å². The van der Waals surface area contributed by atoms with Crippen molar-refractivity contribution in [3.63, 3.8) is 0 Å². The van der Waals surface area contributed by atoms with Crippen LogP contribution in [-0.4, -0.2) is 12.5 Å². The Morgan fingerprint density at radius 3 is 2.74 bits per heavy atom. The van der Waals surface area contributed by atoms with Crippen LogP contribution in [0.1, 0.15) is 24.1 Å². The lowest BCUT2D eigenvalue weighted by Gasteiger charge is -2.11. The van der Waals surface area contributed by atoms with Crippen LogP contribution in [0.3, 0.4) is 0 Å². The molecule has 3 N–H and O–H groups in total. The maximum absolute atomic E-state index is 12.0. The fraction of sp³-hybridized carbons (Fsp3) is 0.176. The van der Waals surface area contributed by atoms with E-state index < -0.39 is 0 Å². The van der Waals surface area contributed by atoms with Crippen LogP contribution in [0.4, 0.5) is 5.69 Å². The zero-order chi connectivity index (χ0) is 16.8. The molecule has 0 spiro atoms. The van der Waals surface area contributed by atoms with E-state index >= 15 is 0 Å². The second kappa shape index (κ2) is 7.98. The number of hydrogen-bond acceptors (Lipinski definition) is 2. The largest absolute Gasteiger partial charge is 0.333 e. The molecule has 2 rings (SSSR count). The van der Waals surface area contributed by atoms with E-state index in [4.69, 9.17) is 28.5 Å². The second-order valence-electron chi connectivity index (χ2n) is 5.14. The molecule has 118 valence electrons. The van der Waals surface area contributed by atoms with Crippen LogP contribution < -0.4 is 10.6 Å². The first-order valence-electron chi connectivity index (χ1n) is 7.08. The first-order chi connectivity index (χ1) is 11.0. The summed E-state index contributed by atoms with van der Waals surface area (Å²) >= 11 is 11.9. The molecule has 2 aromatic carbocycles. The molecule has 0 saturated carbocycles. The number of carbonyl (C=O) groups excluding carboxylic acids is 1. The van der Waals surface area contributed by atoms with Crippen LogP contribution in [0.5, 0.6) is 0 Å². The van der Waals surface area contributed by atoms with Crippen LogP contribution in [0, 0.1) is 11.3 Å². The Labute approximate surface area is 145 Å². The number of halogens is 2. The number of anilines is 1. The molecule has 4 nitrogen and oxygen atoms in total. The summed E-state index contributed by atoms with van der Waals surface area (Å²) in [6.07, 6.45) is 0. The van der Waals surface area contributed by atoms with Gasteiger partial charge in [0.15, 0.2) is 6.54 Å². The average molecular weight is 349 g/mol. The number of nitrogens with one attached hydrogen (secondary N) is 1. The van der Waals surface area contributed by atoms with Gasteiger partial charge < -0.3 is 10.6 Å². The fourth-order valence-corrected chi connectivity index (χ4v) is 2.53. The Morgan fingerprint density at radius 1 is 1.30 bits per heavy atom. The van der Waals surface area contributed by atoms with E-state index in [1.165, 1.54) is 0 Å². The number of benzene rings is 2. The molecule has 0 saturated heterocycles. The summed E-state index contributed by atoms with van der Waals surface area (Å²) in [7, 11) is 0. The molecule has 0 heterocycles. The highest BCUT2D eigenvalue weighted by Gasteiger charge is 2.12. The summed E-state index contributed by atoms with van der Waals surface area (Å²) < 4.78 is 0. The Morgan fingerprint density at radius 2 is 2.09 bits per heavy atom. The van der Waals surface area contributed by atoms with Gasteiger partial charge in [-0.05, 0) is 37.3 Å². The molecule has 0 unspecified atom stereocenters. The van der Waals surface area contributed by atoms with Gasteiger partial charge in [-0.15, -0.1) is 0 Å². The van der Waals surface area contributed by atoms with E-state index in [1.807, 2.05) is 42.6 Å². The van der Waals surface area contributed by atoms with E-state index in [-0.39, 0.29) is 18.5 Å². The van der Waals surface area contributed by atoms with Crippen molar-refractivity contribution in [1.82, 2.24) is 0 Å². The Kier molecular flexibility index (Phi) is 6.00. The molecule has 0 aliphatic heterocycles. The SMILES string of the molecule is C[C@H]([NH2+]CC(=O)Nc1ccc(C#N)c(Cl)c1)c1cccc(Cl)c1. The summed E-state index contributed by atoms with van der Waals surface area (Å²) in [5, 5.41) is 14.5. The highest BCUT2D eigenvalue weighted by molar-refractivity contribution is 6.32. The van der Waals surface area contributed by atoms with Gasteiger partial charge in [0.1, 0.15) is 12.1 Å². The summed E-state index contributed by atoms with van der Waals surface area (Å²) in [5.74, 6) is -0.139. The predicted molar refractivity (Wildman–Crippen MR) is 91.5 cm³/mol. The third-order valence-corrected chi connectivity index (χ3v) is 3.95. The number of carbonyl (C=O) groups is 1. The first kappa shape index (κ1) is 17.3. The van der Waals surface area contributed by atoms with Crippen molar-refractivity contribution in [3.8, 4) is 6.07 Å². The van der Waals surface area contributed by atoms with Crippen molar-refractivity contribution in [2.24, 2.45) is 0 Å². The van der Waals surface area contributed by atoms with E-state index in [0.29, 0.717) is 21.3 Å². The first-order valence-corrected chi connectivity index (χ1v) is 7.83. The van der Waals surface area contributed by atoms with Gasteiger partial charge in [-0.2, -0.15) is 5.26 Å². The van der Waals surface area contributed by atoms with Crippen molar-refractivity contribution >= 4 is 34.8 Å². The van der Waals surface area contributed by atoms with Gasteiger partial charge in [-0.25, -0.2) is 0 Å². The van der Waals surface area contributed by atoms with Gasteiger partial charge in [0, 0.05) is 16.3 Å². The summed E-state index contributed by atoms with van der Waals surface area (Å²) in [4.78, 5) is 12.0. The molecule has 0 bridgehead atoms. The monoisotopic (exact) mass is 348 g/mol. The topological polar surface area (TPSA) is 69.5 Å². The maximum atomic E-state index is 12.0. The van der Waals surface area contributed by atoms with Crippen LogP contribution in [-0.2, 0) is 4.79 Å². The van der Waals surface area contributed by atoms with Gasteiger partial charge in [0.05, 0.1) is 10.6 Å². The summed E-state index contributed by atoms with van der Waals surface area (Å²) in [6, 6.07) is 14.5. The second-order valence-corrected chi connectivity index (χ2v) is 5.98. The van der Waals surface area contributed by atoms with E-state index in [1.54, 1.807) is 18.2 Å². The minimum absolute atomic E-state index is 0.115. The minimum Gasteiger partial charge on any atom is -0.333 e. The smallest absolute Gasteiger partial charge is 0.279 e. The molecule has 6 heteroatoms.